The lowest BCUT2D eigenvalue weighted by atomic mass is 9.96. The fourth-order valence-electron chi connectivity index (χ4n) is 4.28. The molecule has 3 aromatic rings. The standard InChI is InChI=1S/C25H26N4O4/c30-24-12-21(14-27-29(24)15-18-5-2-1-3-6-18)28-10-4-7-20(16-28)25(31)26-13-19-8-9-22-23(11-19)33-17-32-22/h1-3,5-6,8-9,11-12,14,20H,4,7,10,13,15-17H2,(H,26,31)/t20-/m0/s1. The van der Waals surface area contributed by atoms with Gasteiger partial charge in [0.1, 0.15) is 0 Å². The summed E-state index contributed by atoms with van der Waals surface area (Å²) >= 11 is 0. The molecular formula is C25H26N4O4. The summed E-state index contributed by atoms with van der Waals surface area (Å²) in [5, 5.41) is 7.40. The van der Waals surface area contributed by atoms with E-state index in [0.29, 0.717) is 25.4 Å². The molecule has 0 bridgehead atoms. The highest BCUT2D eigenvalue weighted by molar-refractivity contribution is 5.79. The Bertz CT molecular complexity index is 1190. The van der Waals surface area contributed by atoms with E-state index in [1.807, 2.05) is 48.5 Å². The molecule has 3 heterocycles. The molecule has 1 N–H and O–H groups in total. The summed E-state index contributed by atoms with van der Waals surface area (Å²) in [6, 6.07) is 17.1. The maximum atomic E-state index is 12.8. The molecular weight excluding hydrogens is 420 g/mol. The molecule has 1 aromatic heterocycles. The van der Waals surface area contributed by atoms with Crippen LogP contribution in [0.1, 0.15) is 24.0 Å². The van der Waals surface area contributed by atoms with Gasteiger partial charge in [-0.1, -0.05) is 36.4 Å². The molecule has 0 spiro atoms. The van der Waals surface area contributed by atoms with Crippen LogP contribution in [0.15, 0.2) is 65.6 Å². The molecule has 8 nitrogen and oxygen atoms in total. The molecule has 2 aliphatic heterocycles. The number of piperidine rings is 1. The third-order valence-corrected chi connectivity index (χ3v) is 6.09. The van der Waals surface area contributed by atoms with E-state index in [0.717, 1.165) is 42.0 Å². The first-order valence-corrected chi connectivity index (χ1v) is 11.2. The Morgan fingerprint density at radius 2 is 1.91 bits per heavy atom. The summed E-state index contributed by atoms with van der Waals surface area (Å²) in [6.07, 6.45) is 3.43. The first-order valence-electron chi connectivity index (χ1n) is 11.2. The summed E-state index contributed by atoms with van der Waals surface area (Å²) in [5.41, 5.74) is 2.60. The Morgan fingerprint density at radius 1 is 1.06 bits per heavy atom. The van der Waals surface area contributed by atoms with Gasteiger partial charge in [0.25, 0.3) is 5.56 Å². The number of anilines is 1. The first kappa shape index (κ1) is 21.1. The van der Waals surface area contributed by atoms with Crippen LogP contribution in [0.4, 0.5) is 5.69 Å². The van der Waals surface area contributed by atoms with Gasteiger partial charge in [0.15, 0.2) is 11.5 Å². The van der Waals surface area contributed by atoms with Gasteiger partial charge in [-0.15, -0.1) is 0 Å². The second-order valence-corrected chi connectivity index (χ2v) is 8.39. The molecule has 0 radical (unpaired) electrons. The van der Waals surface area contributed by atoms with Gasteiger partial charge >= 0.3 is 0 Å². The van der Waals surface area contributed by atoms with Gasteiger partial charge in [-0.3, -0.25) is 9.59 Å². The average Bonchev–Trinajstić information content (AvgIpc) is 3.32. The fourth-order valence-corrected chi connectivity index (χ4v) is 4.28. The molecule has 33 heavy (non-hydrogen) atoms. The monoisotopic (exact) mass is 446 g/mol. The van der Waals surface area contributed by atoms with Crippen molar-refractivity contribution in [2.24, 2.45) is 5.92 Å². The molecule has 1 fully saturated rings. The number of fused-ring (bicyclic) bond motifs is 1. The average molecular weight is 447 g/mol. The lowest BCUT2D eigenvalue weighted by Gasteiger charge is -2.33. The second-order valence-electron chi connectivity index (χ2n) is 8.39. The molecule has 1 saturated heterocycles. The third kappa shape index (κ3) is 4.84. The number of benzene rings is 2. The number of carbonyl (C=O) groups is 1. The summed E-state index contributed by atoms with van der Waals surface area (Å²) < 4.78 is 12.2. The third-order valence-electron chi connectivity index (χ3n) is 6.09. The second kappa shape index (κ2) is 9.36. The van der Waals surface area contributed by atoms with E-state index in [2.05, 4.69) is 15.3 Å². The molecule has 0 saturated carbocycles. The number of nitrogens with zero attached hydrogens (tertiary/aromatic N) is 3. The number of nitrogens with one attached hydrogen (secondary N) is 1. The van der Waals surface area contributed by atoms with E-state index in [1.165, 1.54) is 4.68 Å². The predicted octanol–water partition coefficient (Wildman–Crippen LogP) is 2.55. The summed E-state index contributed by atoms with van der Waals surface area (Å²) in [4.78, 5) is 27.5. The zero-order valence-electron chi connectivity index (χ0n) is 18.3. The van der Waals surface area contributed by atoms with Crippen LogP contribution in [0.5, 0.6) is 11.5 Å². The molecule has 8 heteroatoms. The molecule has 0 aliphatic carbocycles. The summed E-state index contributed by atoms with van der Waals surface area (Å²) in [5.74, 6) is 1.31. The number of hydrogen-bond donors (Lipinski definition) is 1. The largest absolute Gasteiger partial charge is 0.454 e. The maximum Gasteiger partial charge on any atom is 0.269 e. The Kier molecular flexibility index (Phi) is 5.97. The van der Waals surface area contributed by atoms with Crippen molar-refractivity contribution in [2.45, 2.75) is 25.9 Å². The number of ether oxygens (including phenoxy) is 2. The smallest absolute Gasteiger partial charge is 0.269 e. The maximum absolute atomic E-state index is 12.8. The zero-order valence-corrected chi connectivity index (χ0v) is 18.3. The van der Waals surface area contributed by atoms with Crippen molar-refractivity contribution >= 4 is 11.6 Å². The van der Waals surface area contributed by atoms with Crippen molar-refractivity contribution in [3.05, 3.63) is 82.3 Å². The normalized spacial score (nSPS) is 17.1. The van der Waals surface area contributed by atoms with Crippen LogP contribution in [0.25, 0.3) is 0 Å². The predicted molar refractivity (Wildman–Crippen MR) is 123 cm³/mol. The van der Waals surface area contributed by atoms with Crippen LogP contribution in [0.2, 0.25) is 0 Å². The molecule has 5 rings (SSSR count). The van der Waals surface area contributed by atoms with Gasteiger partial charge in [-0.05, 0) is 36.1 Å². The summed E-state index contributed by atoms with van der Waals surface area (Å²) in [7, 11) is 0. The van der Waals surface area contributed by atoms with Gasteiger partial charge in [-0.25, -0.2) is 4.68 Å². The lowest BCUT2D eigenvalue weighted by Crippen LogP contribution is -2.43. The van der Waals surface area contributed by atoms with Crippen LogP contribution in [-0.4, -0.2) is 35.6 Å². The van der Waals surface area contributed by atoms with Crippen molar-refractivity contribution in [3.8, 4) is 11.5 Å². The Labute approximate surface area is 191 Å². The van der Waals surface area contributed by atoms with Gasteiger partial charge < -0.3 is 19.7 Å². The van der Waals surface area contributed by atoms with Crippen molar-refractivity contribution in [2.75, 3.05) is 24.8 Å². The van der Waals surface area contributed by atoms with E-state index < -0.39 is 0 Å². The van der Waals surface area contributed by atoms with Crippen LogP contribution in [0.3, 0.4) is 0 Å². The Hall–Kier alpha value is -3.81. The van der Waals surface area contributed by atoms with E-state index in [1.54, 1.807) is 12.3 Å². The van der Waals surface area contributed by atoms with E-state index in [9.17, 15) is 9.59 Å². The molecule has 1 amide bonds. The number of aromatic nitrogens is 2. The highest BCUT2D eigenvalue weighted by atomic mass is 16.7. The van der Waals surface area contributed by atoms with Crippen LogP contribution in [0, 0.1) is 5.92 Å². The quantitative estimate of drug-likeness (QED) is 0.626. The van der Waals surface area contributed by atoms with Gasteiger partial charge in [0.2, 0.25) is 12.7 Å². The van der Waals surface area contributed by atoms with Gasteiger partial charge in [-0.2, -0.15) is 5.10 Å². The SMILES string of the molecule is O=C(NCc1ccc2c(c1)OCO2)[C@H]1CCCN(c2cnn(Cc3ccccc3)c(=O)c2)C1. The van der Waals surface area contributed by atoms with E-state index in [4.69, 9.17) is 9.47 Å². The van der Waals surface area contributed by atoms with E-state index in [-0.39, 0.29) is 24.2 Å². The molecule has 1 atom stereocenters. The fraction of sp³-hybridized carbons (Fsp3) is 0.320. The number of amides is 1. The van der Waals surface area contributed by atoms with Crippen molar-refractivity contribution < 1.29 is 14.3 Å². The Balaban J connectivity index is 1.20. The Morgan fingerprint density at radius 3 is 2.76 bits per heavy atom. The van der Waals surface area contributed by atoms with Gasteiger partial charge in [0, 0.05) is 25.7 Å². The molecule has 2 aliphatic rings. The topological polar surface area (TPSA) is 85.7 Å². The molecule has 2 aromatic carbocycles. The molecule has 170 valence electrons. The summed E-state index contributed by atoms with van der Waals surface area (Å²) in [6.45, 7) is 2.47. The number of rotatable bonds is 6. The zero-order chi connectivity index (χ0) is 22.6. The lowest BCUT2D eigenvalue weighted by molar-refractivity contribution is -0.125. The number of hydrogen-bond acceptors (Lipinski definition) is 6. The van der Waals surface area contributed by atoms with Crippen LogP contribution in [-0.2, 0) is 17.9 Å². The number of carbonyl (C=O) groups excluding carboxylic acids is 1. The highest BCUT2D eigenvalue weighted by Gasteiger charge is 2.26. The highest BCUT2D eigenvalue weighted by Crippen LogP contribution is 2.32. The minimum Gasteiger partial charge on any atom is -0.454 e. The first-order chi connectivity index (χ1) is 16.2. The minimum atomic E-state index is -0.147. The van der Waals surface area contributed by atoms with Crippen molar-refractivity contribution in [3.63, 3.8) is 0 Å². The van der Waals surface area contributed by atoms with E-state index >= 15 is 0 Å². The van der Waals surface area contributed by atoms with Crippen LogP contribution >= 0.6 is 0 Å². The molecule has 0 unspecified atom stereocenters. The van der Waals surface area contributed by atoms with Crippen LogP contribution < -0.4 is 25.2 Å². The van der Waals surface area contributed by atoms with Crippen molar-refractivity contribution in [1.29, 1.82) is 0 Å². The van der Waals surface area contributed by atoms with Gasteiger partial charge in [0.05, 0.1) is 24.3 Å². The van der Waals surface area contributed by atoms with Crippen molar-refractivity contribution in [1.82, 2.24) is 15.1 Å². The minimum absolute atomic E-state index is 0.0164.